The molecule has 0 aromatic carbocycles. The molecule has 0 aromatic heterocycles. The highest BCUT2D eigenvalue weighted by Crippen LogP contribution is 2.28. The van der Waals surface area contributed by atoms with Crippen LogP contribution < -0.4 is 0 Å². The molecule has 5 heteroatoms. The van der Waals surface area contributed by atoms with E-state index in [1.54, 1.807) is 4.90 Å². The van der Waals surface area contributed by atoms with Crippen molar-refractivity contribution < 1.29 is 9.59 Å². The van der Waals surface area contributed by atoms with Crippen LogP contribution in [0.1, 0.15) is 33.1 Å². The number of carbonyl (C=O) groups is 2. The zero-order valence-electron chi connectivity index (χ0n) is 12.5. The average Bonchev–Trinajstić information content (AvgIpc) is 3.10. The molecule has 3 heterocycles. The second-order valence-corrected chi connectivity index (χ2v) is 6.40. The van der Waals surface area contributed by atoms with Crippen molar-refractivity contribution in [2.24, 2.45) is 5.92 Å². The summed E-state index contributed by atoms with van der Waals surface area (Å²) in [6, 6.07) is -0.435. The van der Waals surface area contributed by atoms with E-state index in [9.17, 15) is 9.59 Å². The zero-order valence-corrected chi connectivity index (χ0v) is 12.5. The molecule has 3 rings (SSSR count). The van der Waals surface area contributed by atoms with Crippen LogP contribution in [0, 0.1) is 5.92 Å². The van der Waals surface area contributed by atoms with E-state index in [1.807, 2.05) is 11.8 Å². The molecule has 0 spiro atoms. The lowest BCUT2D eigenvalue weighted by molar-refractivity contribution is -0.159. The highest BCUT2D eigenvalue weighted by Gasteiger charge is 2.46. The van der Waals surface area contributed by atoms with Crippen LogP contribution in [0.2, 0.25) is 0 Å². The summed E-state index contributed by atoms with van der Waals surface area (Å²) in [6.45, 7) is 8.86. The summed E-state index contributed by atoms with van der Waals surface area (Å²) in [5, 5.41) is 0. The van der Waals surface area contributed by atoms with Gasteiger partial charge < -0.3 is 14.7 Å². The lowest BCUT2D eigenvalue weighted by Gasteiger charge is -2.41. The van der Waals surface area contributed by atoms with E-state index >= 15 is 0 Å². The van der Waals surface area contributed by atoms with Crippen LogP contribution in [0.25, 0.3) is 0 Å². The first-order valence-electron chi connectivity index (χ1n) is 7.95. The lowest BCUT2D eigenvalue weighted by atomic mass is 10.0. The summed E-state index contributed by atoms with van der Waals surface area (Å²) in [5.74, 6) is 0.865. The molecule has 0 aliphatic carbocycles. The zero-order chi connectivity index (χ0) is 14.3. The Balaban J connectivity index is 1.69. The van der Waals surface area contributed by atoms with Crippen molar-refractivity contribution in [1.29, 1.82) is 0 Å². The maximum atomic E-state index is 12.6. The standard InChI is InChI=1S/C15H25N3O2/c1-3-16-8-6-12(9-16)10-18-11(2)14(19)17-7-4-5-13(17)15(18)20/h11-13H,3-10H2,1-2H3. The quantitative estimate of drug-likeness (QED) is 0.758. The second kappa shape index (κ2) is 5.35. The average molecular weight is 279 g/mol. The van der Waals surface area contributed by atoms with Crippen LogP contribution in [-0.4, -0.2) is 71.3 Å². The number of amides is 2. The summed E-state index contributed by atoms with van der Waals surface area (Å²) >= 11 is 0. The van der Waals surface area contributed by atoms with Gasteiger partial charge in [-0.3, -0.25) is 9.59 Å². The van der Waals surface area contributed by atoms with Crippen molar-refractivity contribution in [3.8, 4) is 0 Å². The molecule has 3 saturated heterocycles. The summed E-state index contributed by atoms with van der Waals surface area (Å²) < 4.78 is 0. The summed E-state index contributed by atoms with van der Waals surface area (Å²) in [6.07, 6.45) is 2.96. The van der Waals surface area contributed by atoms with Crippen molar-refractivity contribution in [2.75, 3.05) is 32.7 Å². The van der Waals surface area contributed by atoms with Crippen LogP contribution >= 0.6 is 0 Å². The van der Waals surface area contributed by atoms with Crippen LogP contribution in [0.3, 0.4) is 0 Å². The molecule has 2 amide bonds. The fraction of sp³-hybridized carbons (Fsp3) is 0.867. The second-order valence-electron chi connectivity index (χ2n) is 6.40. The number of rotatable bonds is 3. The third-order valence-corrected chi connectivity index (χ3v) is 5.20. The SMILES string of the molecule is CCN1CCC(CN2C(=O)C3CCCN3C(=O)C2C)C1. The van der Waals surface area contributed by atoms with Crippen LogP contribution in [0.4, 0.5) is 0 Å². The van der Waals surface area contributed by atoms with E-state index in [2.05, 4.69) is 11.8 Å². The molecule has 3 atom stereocenters. The molecule has 20 heavy (non-hydrogen) atoms. The molecule has 3 fully saturated rings. The molecule has 3 unspecified atom stereocenters. The van der Waals surface area contributed by atoms with Gasteiger partial charge in [-0.2, -0.15) is 0 Å². The predicted octanol–water partition coefficient (Wildman–Crippen LogP) is 0.550. The number of hydrogen-bond acceptors (Lipinski definition) is 3. The molecule has 3 aliphatic rings. The van der Waals surface area contributed by atoms with E-state index in [0.29, 0.717) is 5.92 Å². The molecule has 112 valence electrons. The van der Waals surface area contributed by atoms with Gasteiger partial charge in [0.05, 0.1) is 0 Å². The molecule has 0 radical (unpaired) electrons. The lowest BCUT2D eigenvalue weighted by Crippen LogP contribution is -2.62. The van der Waals surface area contributed by atoms with Crippen LogP contribution in [0.5, 0.6) is 0 Å². The van der Waals surface area contributed by atoms with Gasteiger partial charge >= 0.3 is 0 Å². The molecular weight excluding hydrogens is 254 g/mol. The Morgan fingerprint density at radius 1 is 1.15 bits per heavy atom. The van der Waals surface area contributed by atoms with Gasteiger partial charge in [0.2, 0.25) is 11.8 Å². The Morgan fingerprint density at radius 2 is 1.95 bits per heavy atom. The van der Waals surface area contributed by atoms with Crippen LogP contribution in [-0.2, 0) is 9.59 Å². The first kappa shape index (κ1) is 13.9. The summed E-state index contributed by atoms with van der Waals surface area (Å²) in [5.41, 5.74) is 0. The molecule has 3 aliphatic heterocycles. The molecule has 5 nitrogen and oxygen atoms in total. The van der Waals surface area contributed by atoms with E-state index < -0.39 is 0 Å². The van der Waals surface area contributed by atoms with Crippen LogP contribution in [0.15, 0.2) is 0 Å². The monoisotopic (exact) mass is 279 g/mol. The van der Waals surface area contributed by atoms with Gasteiger partial charge in [0, 0.05) is 19.6 Å². The minimum absolute atomic E-state index is 0.150. The summed E-state index contributed by atoms with van der Waals surface area (Å²) in [4.78, 5) is 31.1. The maximum absolute atomic E-state index is 12.6. The minimum atomic E-state index is -0.271. The van der Waals surface area contributed by atoms with Crippen molar-refractivity contribution >= 4 is 11.8 Å². The van der Waals surface area contributed by atoms with E-state index in [1.165, 1.54) is 0 Å². The third kappa shape index (κ3) is 2.22. The van der Waals surface area contributed by atoms with Gasteiger partial charge in [0.1, 0.15) is 12.1 Å². The first-order chi connectivity index (χ1) is 9.61. The molecule has 0 saturated carbocycles. The summed E-state index contributed by atoms with van der Waals surface area (Å²) in [7, 11) is 0. The molecule has 0 N–H and O–H groups in total. The Bertz CT molecular complexity index is 412. The predicted molar refractivity (Wildman–Crippen MR) is 76.1 cm³/mol. The Labute approximate surface area is 120 Å². The smallest absolute Gasteiger partial charge is 0.246 e. The molecule has 0 bridgehead atoms. The molecule has 0 aromatic rings. The first-order valence-corrected chi connectivity index (χ1v) is 7.95. The van der Waals surface area contributed by atoms with Crippen molar-refractivity contribution in [1.82, 2.24) is 14.7 Å². The number of carbonyl (C=O) groups excluding carboxylic acids is 2. The van der Waals surface area contributed by atoms with Gasteiger partial charge in [-0.25, -0.2) is 0 Å². The fourth-order valence-corrected chi connectivity index (χ4v) is 3.92. The number of hydrogen-bond donors (Lipinski definition) is 0. The van der Waals surface area contributed by atoms with Gasteiger partial charge in [-0.1, -0.05) is 6.92 Å². The number of fused-ring (bicyclic) bond motifs is 1. The van der Waals surface area contributed by atoms with Gasteiger partial charge in [-0.15, -0.1) is 0 Å². The number of likely N-dealkylation sites (tertiary alicyclic amines) is 1. The van der Waals surface area contributed by atoms with Gasteiger partial charge in [0.15, 0.2) is 0 Å². The Morgan fingerprint density at radius 3 is 2.65 bits per heavy atom. The topological polar surface area (TPSA) is 43.9 Å². The normalized spacial score (nSPS) is 35.0. The highest BCUT2D eigenvalue weighted by molar-refractivity contribution is 5.97. The van der Waals surface area contributed by atoms with Gasteiger partial charge in [-0.05, 0) is 45.2 Å². The van der Waals surface area contributed by atoms with Crippen molar-refractivity contribution in [3.05, 3.63) is 0 Å². The largest absolute Gasteiger partial charge is 0.329 e. The molecular formula is C15H25N3O2. The fourth-order valence-electron chi connectivity index (χ4n) is 3.92. The number of nitrogens with zero attached hydrogens (tertiary/aromatic N) is 3. The van der Waals surface area contributed by atoms with E-state index in [-0.39, 0.29) is 23.9 Å². The minimum Gasteiger partial charge on any atom is -0.329 e. The highest BCUT2D eigenvalue weighted by atomic mass is 16.2. The Kier molecular flexibility index (Phi) is 3.71. The van der Waals surface area contributed by atoms with E-state index in [4.69, 9.17) is 0 Å². The van der Waals surface area contributed by atoms with E-state index in [0.717, 1.165) is 52.0 Å². The van der Waals surface area contributed by atoms with Crippen molar-refractivity contribution in [2.45, 2.75) is 45.2 Å². The van der Waals surface area contributed by atoms with Gasteiger partial charge in [0.25, 0.3) is 0 Å². The Hall–Kier alpha value is -1.10. The van der Waals surface area contributed by atoms with Crippen molar-refractivity contribution in [3.63, 3.8) is 0 Å². The third-order valence-electron chi connectivity index (χ3n) is 5.20. The number of piperazine rings is 1. The maximum Gasteiger partial charge on any atom is 0.246 e.